The van der Waals surface area contributed by atoms with Gasteiger partial charge in [-0.25, -0.2) is 6.57 Å². The first-order valence-electron chi connectivity index (χ1n) is 7.96. The molecular formula is C18H29N. The summed E-state index contributed by atoms with van der Waals surface area (Å²) in [4.78, 5) is 3.80. The SMILES string of the molecule is [C-]#[N+][C@H]1CC[C@@]2(C)C(=CCC(C(C)C)C2C(C)C)C1. The second-order valence-corrected chi connectivity index (χ2v) is 7.59. The summed E-state index contributed by atoms with van der Waals surface area (Å²) in [6.45, 7) is 19.4. The van der Waals surface area contributed by atoms with Crippen LogP contribution in [0.4, 0.5) is 0 Å². The van der Waals surface area contributed by atoms with E-state index in [9.17, 15) is 0 Å². The van der Waals surface area contributed by atoms with E-state index in [-0.39, 0.29) is 6.04 Å². The second kappa shape index (κ2) is 5.31. The molecule has 0 aromatic carbocycles. The second-order valence-electron chi connectivity index (χ2n) is 7.59. The van der Waals surface area contributed by atoms with Crippen LogP contribution in [0.25, 0.3) is 4.85 Å². The van der Waals surface area contributed by atoms with E-state index in [4.69, 9.17) is 6.57 Å². The first kappa shape index (κ1) is 14.6. The quantitative estimate of drug-likeness (QED) is 0.466. The maximum absolute atomic E-state index is 7.31. The largest absolute Gasteiger partial charge is 0.313 e. The van der Waals surface area contributed by atoms with Gasteiger partial charge in [0.15, 0.2) is 0 Å². The molecule has 0 amide bonds. The topological polar surface area (TPSA) is 4.36 Å². The highest BCUT2D eigenvalue weighted by Gasteiger charge is 2.49. The van der Waals surface area contributed by atoms with E-state index >= 15 is 0 Å². The van der Waals surface area contributed by atoms with Crippen molar-refractivity contribution in [3.8, 4) is 0 Å². The van der Waals surface area contributed by atoms with Crippen LogP contribution in [0.15, 0.2) is 11.6 Å². The van der Waals surface area contributed by atoms with Crippen LogP contribution in [0, 0.1) is 35.7 Å². The molecule has 2 rings (SSSR count). The van der Waals surface area contributed by atoms with Crippen molar-refractivity contribution in [1.29, 1.82) is 0 Å². The third kappa shape index (κ3) is 2.47. The molecule has 0 aromatic rings. The molecule has 4 atom stereocenters. The summed E-state index contributed by atoms with van der Waals surface area (Å²) in [6.07, 6.45) is 7.09. The number of rotatable bonds is 2. The highest BCUT2D eigenvalue weighted by Crippen LogP contribution is 2.56. The standard InChI is InChI=1S/C18H29N/c1-12(2)16-8-7-14-11-15(19-6)9-10-18(14,5)17(16)13(3)4/h7,12-13,15-17H,8-11H2,1-5H3/t15-,16?,17?,18-/m0/s1. The van der Waals surface area contributed by atoms with E-state index in [0.717, 1.165) is 36.5 Å². The first-order chi connectivity index (χ1) is 8.90. The molecule has 1 saturated carbocycles. The Morgan fingerprint density at radius 2 is 1.95 bits per heavy atom. The summed E-state index contributed by atoms with van der Waals surface area (Å²) in [5.74, 6) is 3.11. The van der Waals surface area contributed by atoms with Crippen molar-refractivity contribution < 1.29 is 0 Å². The molecule has 2 unspecified atom stereocenters. The maximum Gasteiger partial charge on any atom is 0.227 e. The van der Waals surface area contributed by atoms with E-state index in [1.807, 2.05) is 0 Å². The van der Waals surface area contributed by atoms with Gasteiger partial charge >= 0.3 is 0 Å². The molecule has 1 heteroatoms. The van der Waals surface area contributed by atoms with Crippen molar-refractivity contribution in [2.75, 3.05) is 0 Å². The lowest BCUT2D eigenvalue weighted by Gasteiger charge is -2.52. The van der Waals surface area contributed by atoms with Crippen molar-refractivity contribution in [3.63, 3.8) is 0 Å². The highest BCUT2D eigenvalue weighted by atomic mass is 14.7. The minimum absolute atomic E-state index is 0.253. The Kier molecular flexibility index (Phi) is 4.09. The van der Waals surface area contributed by atoms with Gasteiger partial charge in [0.05, 0.1) is 0 Å². The van der Waals surface area contributed by atoms with Gasteiger partial charge < -0.3 is 4.85 Å². The number of nitrogens with zero attached hydrogens (tertiary/aromatic N) is 1. The van der Waals surface area contributed by atoms with Crippen molar-refractivity contribution in [3.05, 3.63) is 23.1 Å². The molecule has 1 nitrogen and oxygen atoms in total. The molecule has 0 heterocycles. The molecule has 0 bridgehead atoms. The molecular weight excluding hydrogens is 230 g/mol. The fourth-order valence-corrected chi connectivity index (χ4v) is 4.84. The molecule has 2 aliphatic rings. The molecule has 0 aromatic heterocycles. The predicted molar refractivity (Wildman–Crippen MR) is 81.7 cm³/mol. The van der Waals surface area contributed by atoms with Crippen LogP contribution in [-0.4, -0.2) is 6.04 Å². The monoisotopic (exact) mass is 259 g/mol. The van der Waals surface area contributed by atoms with Crippen molar-refractivity contribution >= 4 is 0 Å². The average Bonchev–Trinajstić information content (AvgIpc) is 2.35. The number of hydrogen-bond acceptors (Lipinski definition) is 0. The number of hydrogen-bond donors (Lipinski definition) is 0. The van der Waals surface area contributed by atoms with Gasteiger partial charge in [0.2, 0.25) is 6.04 Å². The molecule has 0 spiro atoms. The fourth-order valence-electron chi connectivity index (χ4n) is 4.84. The van der Waals surface area contributed by atoms with Crippen LogP contribution in [0.5, 0.6) is 0 Å². The Morgan fingerprint density at radius 1 is 1.26 bits per heavy atom. The summed E-state index contributed by atoms with van der Waals surface area (Å²) in [5.41, 5.74) is 1.97. The summed E-state index contributed by atoms with van der Waals surface area (Å²) < 4.78 is 0. The van der Waals surface area contributed by atoms with E-state index in [0.29, 0.717) is 5.41 Å². The van der Waals surface area contributed by atoms with Crippen molar-refractivity contribution in [2.45, 2.75) is 66.3 Å². The number of fused-ring (bicyclic) bond motifs is 1. The van der Waals surface area contributed by atoms with Gasteiger partial charge in [-0.2, -0.15) is 0 Å². The maximum atomic E-state index is 7.31. The van der Waals surface area contributed by atoms with Crippen molar-refractivity contribution in [2.24, 2.45) is 29.1 Å². The molecule has 106 valence electrons. The highest BCUT2D eigenvalue weighted by molar-refractivity contribution is 5.25. The van der Waals surface area contributed by atoms with Crippen LogP contribution in [-0.2, 0) is 0 Å². The third-order valence-electron chi connectivity index (χ3n) is 5.78. The first-order valence-corrected chi connectivity index (χ1v) is 7.96. The Morgan fingerprint density at radius 3 is 2.47 bits per heavy atom. The summed E-state index contributed by atoms with van der Waals surface area (Å²) in [7, 11) is 0. The fraction of sp³-hybridized carbons (Fsp3) is 0.833. The lowest BCUT2D eigenvalue weighted by atomic mass is 9.52. The van der Waals surface area contributed by atoms with Crippen molar-refractivity contribution in [1.82, 2.24) is 0 Å². The zero-order chi connectivity index (χ0) is 14.2. The third-order valence-corrected chi connectivity index (χ3v) is 5.78. The summed E-state index contributed by atoms with van der Waals surface area (Å²) in [5, 5.41) is 0. The zero-order valence-electron chi connectivity index (χ0n) is 13.2. The van der Waals surface area contributed by atoms with Gasteiger partial charge in [-0.1, -0.05) is 46.3 Å². The minimum atomic E-state index is 0.253. The molecule has 0 N–H and O–H groups in total. The molecule has 1 fully saturated rings. The Balaban J connectivity index is 2.35. The van der Waals surface area contributed by atoms with Crippen LogP contribution in [0.2, 0.25) is 0 Å². The van der Waals surface area contributed by atoms with Crippen LogP contribution in [0.3, 0.4) is 0 Å². The Bertz CT molecular complexity index is 398. The molecule has 2 aliphatic carbocycles. The summed E-state index contributed by atoms with van der Waals surface area (Å²) >= 11 is 0. The Labute approximate surface area is 119 Å². The van der Waals surface area contributed by atoms with Gasteiger partial charge in [-0.05, 0) is 41.9 Å². The van der Waals surface area contributed by atoms with E-state index in [2.05, 4.69) is 45.5 Å². The zero-order valence-corrected chi connectivity index (χ0v) is 13.2. The van der Waals surface area contributed by atoms with Crippen LogP contribution < -0.4 is 0 Å². The van der Waals surface area contributed by atoms with E-state index < -0.39 is 0 Å². The van der Waals surface area contributed by atoms with Gasteiger partial charge in [0, 0.05) is 12.8 Å². The molecule has 19 heavy (non-hydrogen) atoms. The molecule has 0 radical (unpaired) electrons. The van der Waals surface area contributed by atoms with Crippen LogP contribution >= 0.6 is 0 Å². The van der Waals surface area contributed by atoms with E-state index in [1.54, 1.807) is 5.57 Å². The van der Waals surface area contributed by atoms with Gasteiger partial charge in [-0.15, -0.1) is 0 Å². The van der Waals surface area contributed by atoms with E-state index in [1.165, 1.54) is 12.8 Å². The number of allylic oxidation sites excluding steroid dienone is 1. The lowest BCUT2D eigenvalue weighted by Crippen LogP contribution is -2.45. The molecule has 0 saturated heterocycles. The summed E-state index contributed by atoms with van der Waals surface area (Å²) in [6, 6.07) is 0.253. The predicted octanol–water partition coefficient (Wildman–Crippen LogP) is 5.34. The molecule has 0 aliphatic heterocycles. The smallest absolute Gasteiger partial charge is 0.227 e. The Hall–Kier alpha value is -0.770. The van der Waals surface area contributed by atoms with Crippen LogP contribution in [0.1, 0.15) is 60.3 Å². The normalized spacial score (nSPS) is 38.8. The van der Waals surface area contributed by atoms with Gasteiger partial charge in [0.25, 0.3) is 0 Å². The minimum Gasteiger partial charge on any atom is -0.313 e. The average molecular weight is 259 g/mol. The lowest BCUT2D eigenvalue weighted by molar-refractivity contribution is 0.0436. The van der Waals surface area contributed by atoms with Gasteiger partial charge in [0.1, 0.15) is 0 Å². The van der Waals surface area contributed by atoms with Gasteiger partial charge in [-0.3, -0.25) is 0 Å².